The number of benzene rings is 3. The summed E-state index contributed by atoms with van der Waals surface area (Å²) in [5, 5.41) is 2.79. The van der Waals surface area contributed by atoms with E-state index < -0.39 is 5.97 Å². The van der Waals surface area contributed by atoms with Gasteiger partial charge < -0.3 is 14.8 Å². The predicted octanol–water partition coefficient (Wildman–Crippen LogP) is 4.23. The summed E-state index contributed by atoms with van der Waals surface area (Å²) in [6.07, 6.45) is 0. The third-order valence-corrected chi connectivity index (χ3v) is 3.76. The highest BCUT2D eigenvalue weighted by atomic mass is 16.6. The Kier molecular flexibility index (Phi) is 5.84. The van der Waals surface area contributed by atoms with Gasteiger partial charge >= 0.3 is 5.97 Å². The number of carbonyl (C=O) groups is 2. The molecule has 0 atom stereocenters. The number of hydrogen-bond acceptors (Lipinski definition) is 4. The van der Waals surface area contributed by atoms with Crippen molar-refractivity contribution in [2.75, 3.05) is 11.9 Å². The molecular weight excluding hydrogens is 342 g/mol. The van der Waals surface area contributed by atoms with Crippen molar-refractivity contribution in [2.24, 2.45) is 0 Å². The maximum absolute atomic E-state index is 12.2. The predicted molar refractivity (Wildman–Crippen MR) is 103 cm³/mol. The third-order valence-electron chi connectivity index (χ3n) is 3.76. The van der Waals surface area contributed by atoms with Crippen molar-refractivity contribution in [3.8, 4) is 11.5 Å². The Labute approximate surface area is 157 Å². The Morgan fingerprint density at radius 2 is 1.44 bits per heavy atom. The molecule has 0 unspecified atom stereocenters. The summed E-state index contributed by atoms with van der Waals surface area (Å²) in [5.41, 5.74) is 2.29. The van der Waals surface area contributed by atoms with Crippen LogP contribution in [0.2, 0.25) is 0 Å². The molecule has 5 nitrogen and oxygen atoms in total. The van der Waals surface area contributed by atoms with Gasteiger partial charge in [-0.25, -0.2) is 4.79 Å². The Hall–Kier alpha value is -3.60. The zero-order valence-corrected chi connectivity index (χ0v) is 14.8. The molecule has 0 radical (unpaired) electrons. The van der Waals surface area contributed by atoms with Crippen molar-refractivity contribution in [2.45, 2.75) is 6.92 Å². The van der Waals surface area contributed by atoms with Crippen LogP contribution in [0.4, 0.5) is 5.69 Å². The highest BCUT2D eigenvalue weighted by molar-refractivity contribution is 6.04. The monoisotopic (exact) mass is 361 g/mol. The lowest BCUT2D eigenvalue weighted by atomic mass is 10.2. The minimum absolute atomic E-state index is 0.195. The molecule has 1 N–H and O–H groups in total. The van der Waals surface area contributed by atoms with Crippen LogP contribution in [-0.2, 0) is 4.79 Å². The zero-order valence-electron chi connectivity index (χ0n) is 14.8. The smallest absolute Gasteiger partial charge is 0.349 e. The van der Waals surface area contributed by atoms with Gasteiger partial charge in [-0.15, -0.1) is 0 Å². The largest absolute Gasteiger partial charge is 0.482 e. The van der Waals surface area contributed by atoms with E-state index in [1.165, 1.54) is 0 Å². The molecule has 0 bridgehead atoms. The fraction of sp³-hybridized carbons (Fsp3) is 0.0909. The van der Waals surface area contributed by atoms with E-state index >= 15 is 0 Å². The van der Waals surface area contributed by atoms with E-state index in [1.807, 2.05) is 49.4 Å². The summed E-state index contributed by atoms with van der Waals surface area (Å²) in [6.45, 7) is 1.78. The first-order valence-electron chi connectivity index (χ1n) is 8.47. The second-order valence-electron chi connectivity index (χ2n) is 5.92. The molecule has 5 heteroatoms. The second-order valence-corrected chi connectivity index (χ2v) is 5.92. The molecule has 0 aliphatic heterocycles. The van der Waals surface area contributed by atoms with Crippen LogP contribution < -0.4 is 14.8 Å². The molecule has 136 valence electrons. The van der Waals surface area contributed by atoms with Crippen LogP contribution in [0.15, 0.2) is 78.9 Å². The minimum Gasteiger partial charge on any atom is -0.482 e. The summed E-state index contributed by atoms with van der Waals surface area (Å²) in [4.78, 5) is 24.1. The first kappa shape index (κ1) is 18.2. The van der Waals surface area contributed by atoms with Gasteiger partial charge in [0.15, 0.2) is 6.61 Å². The van der Waals surface area contributed by atoms with E-state index in [0.717, 1.165) is 5.56 Å². The van der Waals surface area contributed by atoms with Crippen molar-refractivity contribution in [3.63, 3.8) is 0 Å². The van der Waals surface area contributed by atoms with Crippen LogP contribution in [0.3, 0.4) is 0 Å². The van der Waals surface area contributed by atoms with Crippen LogP contribution in [0.25, 0.3) is 0 Å². The molecule has 3 aromatic carbocycles. The number of esters is 1. The van der Waals surface area contributed by atoms with Gasteiger partial charge in [0.25, 0.3) is 5.91 Å². The van der Waals surface area contributed by atoms with E-state index in [9.17, 15) is 9.59 Å². The van der Waals surface area contributed by atoms with Crippen LogP contribution in [0, 0.1) is 6.92 Å². The van der Waals surface area contributed by atoms with E-state index in [1.54, 1.807) is 36.4 Å². The van der Waals surface area contributed by atoms with Gasteiger partial charge in [0.05, 0.1) is 0 Å². The van der Waals surface area contributed by atoms with Gasteiger partial charge in [-0.3, -0.25) is 4.79 Å². The van der Waals surface area contributed by atoms with Crippen molar-refractivity contribution < 1.29 is 19.1 Å². The van der Waals surface area contributed by atoms with E-state index in [-0.39, 0.29) is 12.5 Å². The first-order chi connectivity index (χ1) is 13.1. The molecule has 0 saturated carbocycles. The molecule has 0 fully saturated rings. The van der Waals surface area contributed by atoms with Crippen LogP contribution in [0.1, 0.15) is 15.9 Å². The number of amides is 1. The van der Waals surface area contributed by atoms with Gasteiger partial charge in [-0.1, -0.05) is 35.9 Å². The normalized spacial score (nSPS) is 10.1. The average Bonchev–Trinajstić information content (AvgIpc) is 2.69. The third kappa shape index (κ3) is 5.44. The standard InChI is InChI=1S/C22H19NO4/c1-16-7-11-19(12-8-16)26-15-21(24)27-20-13-9-17(10-14-20)22(25)23-18-5-3-2-4-6-18/h2-14H,15H2,1H3,(H,23,25). The maximum Gasteiger partial charge on any atom is 0.349 e. The first-order valence-corrected chi connectivity index (χ1v) is 8.47. The molecule has 3 aromatic rings. The molecule has 0 heterocycles. The van der Waals surface area contributed by atoms with E-state index in [0.29, 0.717) is 22.7 Å². The minimum atomic E-state index is -0.517. The summed E-state index contributed by atoms with van der Waals surface area (Å²) in [5.74, 6) is 0.202. The quantitative estimate of drug-likeness (QED) is 0.527. The Morgan fingerprint density at radius 1 is 0.815 bits per heavy atom. The molecule has 0 aliphatic carbocycles. The molecular formula is C22H19NO4. The number of para-hydroxylation sites is 1. The van der Waals surface area contributed by atoms with Gasteiger partial charge in [0.1, 0.15) is 11.5 Å². The van der Waals surface area contributed by atoms with Gasteiger partial charge in [-0.05, 0) is 55.5 Å². The lowest BCUT2D eigenvalue weighted by Gasteiger charge is -2.08. The van der Waals surface area contributed by atoms with Gasteiger partial charge in [-0.2, -0.15) is 0 Å². The SMILES string of the molecule is Cc1ccc(OCC(=O)Oc2ccc(C(=O)Nc3ccccc3)cc2)cc1. The Balaban J connectivity index is 1.51. The molecule has 3 rings (SSSR count). The summed E-state index contributed by atoms with van der Waals surface area (Å²) in [6, 6.07) is 22.9. The average molecular weight is 361 g/mol. The van der Waals surface area contributed by atoms with E-state index in [4.69, 9.17) is 9.47 Å². The topological polar surface area (TPSA) is 64.6 Å². The Bertz CT molecular complexity index is 903. The molecule has 0 aliphatic rings. The molecule has 0 saturated heterocycles. The Morgan fingerprint density at radius 3 is 2.11 bits per heavy atom. The molecule has 0 spiro atoms. The lowest BCUT2D eigenvalue weighted by molar-refractivity contribution is -0.136. The van der Waals surface area contributed by atoms with Crippen molar-refractivity contribution in [3.05, 3.63) is 90.0 Å². The van der Waals surface area contributed by atoms with Crippen molar-refractivity contribution in [1.29, 1.82) is 0 Å². The van der Waals surface area contributed by atoms with Gasteiger partial charge in [0.2, 0.25) is 0 Å². The number of rotatable bonds is 6. The maximum atomic E-state index is 12.2. The second kappa shape index (κ2) is 8.67. The number of anilines is 1. The molecule has 27 heavy (non-hydrogen) atoms. The number of aryl methyl sites for hydroxylation is 1. The highest BCUT2D eigenvalue weighted by Gasteiger charge is 2.09. The van der Waals surface area contributed by atoms with E-state index in [2.05, 4.69) is 5.32 Å². The fourth-order valence-corrected chi connectivity index (χ4v) is 2.34. The van der Waals surface area contributed by atoms with Crippen LogP contribution in [0.5, 0.6) is 11.5 Å². The summed E-state index contributed by atoms with van der Waals surface area (Å²) in [7, 11) is 0. The van der Waals surface area contributed by atoms with Crippen LogP contribution >= 0.6 is 0 Å². The number of carbonyl (C=O) groups excluding carboxylic acids is 2. The number of ether oxygens (including phenoxy) is 2. The van der Waals surface area contributed by atoms with Gasteiger partial charge in [0, 0.05) is 11.3 Å². The van der Waals surface area contributed by atoms with Crippen molar-refractivity contribution >= 4 is 17.6 Å². The lowest BCUT2D eigenvalue weighted by Crippen LogP contribution is -2.18. The van der Waals surface area contributed by atoms with Crippen molar-refractivity contribution in [1.82, 2.24) is 0 Å². The highest BCUT2D eigenvalue weighted by Crippen LogP contribution is 2.15. The summed E-state index contributed by atoms with van der Waals surface area (Å²) < 4.78 is 10.6. The zero-order chi connectivity index (χ0) is 19.1. The fourth-order valence-electron chi connectivity index (χ4n) is 2.34. The number of hydrogen-bond donors (Lipinski definition) is 1. The molecule has 1 amide bonds. The van der Waals surface area contributed by atoms with Crippen LogP contribution in [-0.4, -0.2) is 18.5 Å². The molecule has 0 aromatic heterocycles. The number of nitrogens with one attached hydrogen (secondary N) is 1. The summed E-state index contributed by atoms with van der Waals surface area (Å²) >= 11 is 0.